The van der Waals surface area contributed by atoms with E-state index in [0.717, 1.165) is 25.7 Å². The van der Waals surface area contributed by atoms with Crippen LogP contribution in [0.5, 0.6) is 0 Å². The molecule has 22 heavy (non-hydrogen) atoms. The van der Waals surface area contributed by atoms with Crippen molar-refractivity contribution in [3.63, 3.8) is 0 Å². The molecule has 1 rings (SSSR count). The number of rotatable bonds is 8. The molecule has 6 nitrogen and oxygen atoms in total. The van der Waals surface area contributed by atoms with Crippen molar-refractivity contribution < 1.29 is 19.1 Å². The number of esters is 1. The van der Waals surface area contributed by atoms with E-state index in [1.165, 1.54) is 13.3 Å². The minimum atomic E-state index is -0.288. The molecule has 0 aromatic heterocycles. The van der Waals surface area contributed by atoms with Crippen molar-refractivity contribution in [2.75, 3.05) is 26.2 Å². The second-order valence-electron chi connectivity index (χ2n) is 5.70. The largest absolute Gasteiger partial charge is 0.466 e. The van der Waals surface area contributed by atoms with Gasteiger partial charge >= 0.3 is 5.97 Å². The van der Waals surface area contributed by atoms with Crippen molar-refractivity contribution in [3.05, 3.63) is 0 Å². The molecular formula is C16H28N2O4. The highest BCUT2D eigenvalue weighted by Gasteiger charge is 2.26. The summed E-state index contributed by atoms with van der Waals surface area (Å²) in [7, 11) is 0. The molecule has 2 amide bonds. The van der Waals surface area contributed by atoms with E-state index in [4.69, 9.17) is 4.74 Å². The molecule has 0 atom stereocenters. The molecular weight excluding hydrogens is 284 g/mol. The van der Waals surface area contributed by atoms with Gasteiger partial charge in [-0.05, 0) is 19.8 Å². The SMILES string of the molecule is CCOC(=O)CCN(CCNC(C)=O)C(=O)C1CCCCC1. The molecule has 1 saturated carbocycles. The second kappa shape index (κ2) is 10.2. The molecule has 0 bridgehead atoms. The second-order valence-corrected chi connectivity index (χ2v) is 5.70. The normalized spacial score (nSPS) is 15.2. The monoisotopic (exact) mass is 312 g/mol. The molecule has 0 radical (unpaired) electrons. The molecule has 1 N–H and O–H groups in total. The Bertz CT molecular complexity index is 378. The van der Waals surface area contributed by atoms with E-state index in [1.54, 1.807) is 11.8 Å². The number of carbonyl (C=O) groups is 3. The summed E-state index contributed by atoms with van der Waals surface area (Å²) in [6.45, 7) is 4.77. The van der Waals surface area contributed by atoms with Crippen LogP contribution in [0.15, 0.2) is 0 Å². The summed E-state index contributed by atoms with van der Waals surface area (Å²) >= 11 is 0. The van der Waals surface area contributed by atoms with Crippen molar-refractivity contribution in [3.8, 4) is 0 Å². The zero-order valence-electron chi connectivity index (χ0n) is 13.7. The maximum absolute atomic E-state index is 12.6. The van der Waals surface area contributed by atoms with Gasteiger partial charge in [0.25, 0.3) is 0 Å². The molecule has 1 aliphatic carbocycles. The minimum Gasteiger partial charge on any atom is -0.466 e. The maximum atomic E-state index is 12.6. The fraction of sp³-hybridized carbons (Fsp3) is 0.812. The van der Waals surface area contributed by atoms with E-state index in [2.05, 4.69) is 5.32 Å². The molecule has 0 heterocycles. The fourth-order valence-corrected chi connectivity index (χ4v) is 2.77. The summed E-state index contributed by atoms with van der Waals surface area (Å²) in [5.74, 6) is -0.235. The third kappa shape index (κ3) is 6.91. The van der Waals surface area contributed by atoms with Gasteiger partial charge in [0.2, 0.25) is 11.8 Å². The summed E-state index contributed by atoms with van der Waals surface area (Å²) in [4.78, 5) is 36.8. The van der Waals surface area contributed by atoms with Crippen molar-refractivity contribution in [2.45, 2.75) is 52.4 Å². The van der Waals surface area contributed by atoms with Crippen LogP contribution in [0.25, 0.3) is 0 Å². The minimum absolute atomic E-state index is 0.0632. The van der Waals surface area contributed by atoms with Gasteiger partial charge in [-0.15, -0.1) is 0 Å². The highest BCUT2D eigenvalue weighted by molar-refractivity contribution is 5.80. The number of hydrogen-bond donors (Lipinski definition) is 1. The zero-order chi connectivity index (χ0) is 16.4. The number of nitrogens with zero attached hydrogens (tertiary/aromatic N) is 1. The van der Waals surface area contributed by atoms with E-state index in [-0.39, 0.29) is 30.1 Å². The fourth-order valence-electron chi connectivity index (χ4n) is 2.77. The van der Waals surface area contributed by atoms with E-state index in [1.807, 2.05) is 0 Å². The first kappa shape index (κ1) is 18.5. The van der Waals surface area contributed by atoms with Crippen LogP contribution in [-0.2, 0) is 19.1 Å². The summed E-state index contributed by atoms with van der Waals surface area (Å²) in [6.07, 6.45) is 5.43. The highest BCUT2D eigenvalue weighted by Crippen LogP contribution is 2.25. The molecule has 0 unspecified atom stereocenters. The number of carbonyl (C=O) groups excluding carboxylic acids is 3. The van der Waals surface area contributed by atoms with Gasteiger partial charge in [-0.1, -0.05) is 19.3 Å². The predicted molar refractivity (Wildman–Crippen MR) is 83.1 cm³/mol. The first-order valence-electron chi connectivity index (χ1n) is 8.23. The smallest absolute Gasteiger partial charge is 0.307 e. The standard InChI is InChI=1S/C16H28N2O4/c1-3-22-15(20)9-11-18(12-10-17-13(2)19)16(21)14-7-5-4-6-8-14/h14H,3-12H2,1-2H3,(H,17,19). The van der Waals surface area contributed by atoms with Gasteiger partial charge in [-0.2, -0.15) is 0 Å². The first-order valence-corrected chi connectivity index (χ1v) is 8.23. The van der Waals surface area contributed by atoms with Crippen LogP contribution in [-0.4, -0.2) is 48.9 Å². The average molecular weight is 312 g/mol. The van der Waals surface area contributed by atoms with Crippen LogP contribution in [0.4, 0.5) is 0 Å². The van der Waals surface area contributed by atoms with E-state index in [0.29, 0.717) is 26.2 Å². The number of hydrogen-bond acceptors (Lipinski definition) is 4. The average Bonchev–Trinajstić information content (AvgIpc) is 2.51. The summed E-state index contributed by atoms with van der Waals surface area (Å²) in [6, 6.07) is 0. The lowest BCUT2D eigenvalue weighted by molar-refractivity contribution is -0.144. The predicted octanol–water partition coefficient (Wildman–Crippen LogP) is 1.48. The quantitative estimate of drug-likeness (QED) is 0.689. The number of ether oxygens (including phenoxy) is 1. The Balaban J connectivity index is 2.52. The topological polar surface area (TPSA) is 75.7 Å². The van der Waals surface area contributed by atoms with E-state index in [9.17, 15) is 14.4 Å². The lowest BCUT2D eigenvalue weighted by atomic mass is 9.88. The van der Waals surface area contributed by atoms with Crippen LogP contribution in [0, 0.1) is 5.92 Å². The summed E-state index contributed by atoms with van der Waals surface area (Å²) in [5, 5.41) is 2.70. The van der Waals surface area contributed by atoms with Crippen LogP contribution in [0.2, 0.25) is 0 Å². The van der Waals surface area contributed by atoms with Crippen molar-refractivity contribution in [1.29, 1.82) is 0 Å². The van der Waals surface area contributed by atoms with Crippen LogP contribution in [0.3, 0.4) is 0 Å². The summed E-state index contributed by atoms with van der Waals surface area (Å²) in [5.41, 5.74) is 0. The summed E-state index contributed by atoms with van der Waals surface area (Å²) < 4.78 is 4.91. The molecule has 0 aromatic rings. The van der Waals surface area contributed by atoms with Crippen LogP contribution >= 0.6 is 0 Å². The van der Waals surface area contributed by atoms with Gasteiger partial charge in [-0.25, -0.2) is 0 Å². The third-order valence-electron chi connectivity index (χ3n) is 3.91. The van der Waals surface area contributed by atoms with Gasteiger partial charge in [0, 0.05) is 32.5 Å². The molecule has 1 aliphatic rings. The Labute approximate surface area is 132 Å². The lowest BCUT2D eigenvalue weighted by Crippen LogP contribution is -2.42. The molecule has 0 saturated heterocycles. The van der Waals surface area contributed by atoms with Gasteiger partial charge in [-0.3, -0.25) is 14.4 Å². The molecule has 1 fully saturated rings. The van der Waals surface area contributed by atoms with Crippen molar-refractivity contribution in [2.24, 2.45) is 5.92 Å². The maximum Gasteiger partial charge on any atom is 0.307 e. The number of nitrogens with one attached hydrogen (secondary N) is 1. The number of amides is 2. The van der Waals surface area contributed by atoms with Crippen LogP contribution < -0.4 is 5.32 Å². The zero-order valence-corrected chi connectivity index (χ0v) is 13.7. The van der Waals surface area contributed by atoms with Gasteiger partial charge < -0.3 is 15.0 Å². The van der Waals surface area contributed by atoms with Crippen molar-refractivity contribution in [1.82, 2.24) is 10.2 Å². The third-order valence-corrected chi connectivity index (χ3v) is 3.91. The van der Waals surface area contributed by atoms with E-state index >= 15 is 0 Å². The van der Waals surface area contributed by atoms with Crippen LogP contribution in [0.1, 0.15) is 52.4 Å². The first-order chi connectivity index (χ1) is 10.5. The Kier molecular flexibility index (Phi) is 8.55. The molecule has 0 spiro atoms. The molecule has 0 aromatic carbocycles. The highest BCUT2D eigenvalue weighted by atomic mass is 16.5. The van der Waals surface area contributed by atoms with Gasteiger partial charge in [0.05, 0.1) is 13.0 Å². The van der Waals surface area contributed by atoms with Gasteiger partial charge in [0.1, 0.15) is 0 Å². The Morgan fingerprint density at radius 1 is 1.14 bits per heavy atom. The van der Waals surface area contributed by atoms with Gasteiger partial charge in [0.15, 0.2) is 0 Å². The molecule has 126 valence electrons. The lowest BCUT2D eigenvalue weighted by Gasteiger charge is -2.29. The Morgan fingerprint density at radius 3 is 2.41 bits per heavy atom. The Hall–Kier alpha value is -1.59. The molecule has 6 heteroatoms. The van der Waals surface area contributed by atoms with Crippen molar-refractivity contribution >= 4 is 17.8 Å². The molecule has 0 aliphatic heterocycles. The Morgan fingerprint density at radius 2 is 1.82 bits per heavy atom. The van der Waals surface area contributed by atoms with E-state index < -0.39 is 0 Å².